The number of hydrogen-bond donors (Lipinski definition) is 1. The number of likely N-dealkylation sites (tertiary alicyclic amines) is 2. The largest absolute Gasteiger partial charge is 0.467 e. The monoisotopic (exact) mass is 347 g/mol. The molecule has 0 spiro atoms. The van der Waals surface area contributed by atoms with Gasteiger partial charge in [-0.25, -0.2) is 0 Å². The van der Waals surface area contributed by atoms with Gasteiger partial charge in [-0.1, -0.05) is 19.3 Å². The maximum Gasteiger partial charge on any atom is 0.237 e. The third kappa shape index (κ3) is 5.08. The van der Waals surface area contributed by atoms with Crippen LogP contribution in [0.5, 0.6) is 0 Å². The average Bonchev–Trinajstić information content (AvgIpc) is 3.23. The first kappa shape index (κ1) is 18.0. The lowest BCUT2D eigenvalue weighted by atomic mass is 10.1. The van der Waals surface area contributed by atoms with Gasteiger partial charge in [0.05, 0.1) is 25.4 Å². The number of rotatable bonds is 5. The Morgan fingerprint density at radius 3 is 2.56 bits per heavy atom. The molecule has 25 heavy (non-hydrogen) atoms. The van der Waals surface area contributed by atoms with E-state index in [2.05, 4.69) is 5.32 Å². The molecular formula is C19H29N3O3. The Balaban J connectivity index is 1.50. The van der Waals surface area contributed by atoms with E-state index in [9.17, 15) is 9.59 Å². The second kappa shape index (κ2) is 9.04. The lowest BCUT2D eigenvalue weighted by Gasteiger charge is -2.29. The first-order valence-electron chi connectivity index (χ1n) is 9.56. The SMILES string of the molecule is O=C(NCc1ccco1)C1CCCN1CC(=O)N1CCCCCCC1. The Morgan fingerprint density at radius 1 is 1.08 bits per heavy atom. The van der Waals surface area contributed by atoms with E-state index in [0.717, 1.165) is 51.1 Å². The summed E-state index contributed by atoms with van der Waals surface area (Å²) in [5.41, 5.74) is 0. The molecule has 6 nitrogen and oxygen atoms in total. The Kier molecular flexibility index (Phi) is 6.50. The lowest BCUT2D eigenvalue weighted by molar-refractivity contribution is -0.134. The molecular weight excluding hydrogens is 318 g/mol. The summed E-state index contributed by atoms with van der Waals surface area (Å²) < 4.78 is 5.25. The van der Waals surface area contributed by atoms with Crippen molar-refractivity contribution >= 4 is 11.8 Å². The molecule has 1 aromatic rings. The van der Waals surface area contributed by atoms with Gasteiger partial charge in [0.2, 0.25) is 11.8 Å². The second-order valence-electron chi connectivity index (χ2n) is 7.07. The summed E-state index contributed by atoms with van der Waals surface area (Å²) in [6.45, 7) is 3.30. The van der Waals surface area contributed by atoms with E-state index in [4.69, 9.17) is 4.42 Å². The minimum Gasteiger partial charge on any atom is -0.467 e. The zero-order chi connectivity index (χ0) is 17.5. The van der Waals surface area contributed by atoms with Crippen LogP contribution >= 0.6 is 0 Å². The lowest BCUT2D eigenvalue weighted by Crippen LogP contribution is -2.48. The summed E-state index contributed by atoms with van der Waals surface area (Å²) in [6.07, 6.45) is 9.29. The summed E-state index contributed by atoms with van der Waals surface area (Å²) in [5, 5.41) is 2.93. The molecule has 3 heterocycles. The average molecular weight is 347 g/mol. The Morgan fingerprint density at radius 2 is 1.84 bits per heavy atom. The number of nitrogens with one attached hydrogen (secondary N) is 1. The van der Waals surface area contributed by atoms with Crippen molar-refractivity contribution in [3.05, 3.63) is 24.2 Å². The van der Waals surface area contributed by atoms with Crippen LogP contribution in [0, 0.1) is 0 Å². The molecule has 2 amide bonds. The molecule has 0 aromatic carbocycles. The van der Waals surface area contributed by atoms with E-state index in [1.807, 2.05) is 21.9 Å². The number of carbonyl (C=O) groups excluding carboxylic acids is 2. The van der Waals surface area contributed by atoms with E-state index < -0.39 is 0 Å². The maximum atomic E-state index is 12.7. The van der Waals surface area contributed by atoms with Gasteiger partial charge < -0.3 is 14.6 Å². The summed E-state index contributed by atoms with van der Waals surface area (Å²) in [7, 11) is 0. The molecule has 0 aliphatic carbocycles. The Bertz CT molecular complexity index is 550. The molecule has 2 aliphatic heterocycles. The Hall–Kier alpha value is -1.82. The van der Waals surface area contributed by atoms with Crippen molar-refractivity contribution in [1.29, 1.82) is 0 Å². The zero-order valence-corrected chi connectivity index (χ0v) is 14.9. The van der Waals surface area contributed by atoms with Gasteiger partial charge in [0, 0.05) is 13.1 Å². The number of carbonyl (C=O) groups is 2. The van der Waals surface area contributed by atoms with E-state index in [-0.39, 0.29) is 17.9 Å². The van der Waals surface area contributed by atoms with Crippen LogP contribution in [0.4, 0.5) is 0 Å². The zero-order valence-electron chi connectivity index (χ0n) is 14.9. The highest BCUT2D eigenvalue weighted by atomic mass is 16.3. The van der Waals surface area contributed by atoms with Crippen molar-refractivity contribution in [2.45, 2.75) is 57.5 Å². The first-order chi connectivity index (χ1) is 12.2. The molecule has 0 radical (unpaired) electrons. The van der Waals surface area contributed by atoms with E-state index in [0.29, 0.717) is 13.1 Å². The topological polar surface area (TPSA) is 65.8 Å². The van der Waals surface area contributed by atoms with E-state index in [1.165, 1.54) is 19.3 Å². The van der Waals surface area contributed by atoms with Crippen LogP contribution < -0.4 is 5.32 Å². The minimum atomic E-state index is -0.200. The third-order valence-corrected chi connectivity index (χ3v) is 5.23. The van der Waals surface area contributed by atoms with Gasteiger partial charge >= 0.3 is 0 Å². The maximum absolute atomic E-state index is 12.7. The molecule has 1 unspecified atom stereocenters. The highest BCUT2D eigenvalue weighted by Crippen LogP contribution is 2.18. The quantitative estimate of drug-likeness (QED) is 0.886. The van der Waals surface area contributed by atoms with Crippen molar-refractivity contribution in [3.63, 3.8) is 0 Å². The summed E-state index contributed by atoms with van der Waals surface area (Å²) in [5.74, 6) is 0.914. The smallest absolute Gasteiger partial charge is 0.237 e. The van der Waals surface area contributed by atoms with Crippen molar-refractivity contribution < 1.29 is 14.0 Å². The van der Waals surface area contributed by atoms with Crippen LogP contribution in [-0.2, 0) is 16.1 Å². The van der Waals surface area contributed by atoms with Gasteiger partial charge in [-0.15, -0.1) is 0 Å². The van der Waals surface area contributed by atoms with Gasteiger partial charge in [-0.2, -0.15) is 0 Å². The molecule has 0 saturated carbocycles. The summed E-state index contributed by atoms with van der Waals surface area (Å²) in [6, 6.07) is 3.46. The van der Waals surface area contributed by atoms with Crippen molar-refractivity contribution in [2.75, 3.05) is 26.2 Å². The van der Waals surface area contributed by atoms with Crippen LogP contribution in [0.15, 0.2) is 22.8 Å². The number of nitrogens with zero attached hydrogens (tertiary/aromatic N) is 2. The van der Waals surface area contributed by atoms with Crippen LogP contribution in [0.3, 0.4) is 0 Å². The van der Waals surface area contributed by atoms with Crippen molar-refractivity contribution in [3.8, 4) is 0 Å². The molecule has 3 rings (SSSR count). The highest BCUT2D eigenvalue weighted by Gasteiger charge is 2.32. The Labute approximate surface area is 149 Å². The van der Waals surface area contributed by atoms with Crippen LogP contribution in [-0.4, -0.2) is 53.8 Å². The fourth-order valence-corrected chi connectivity index (χ4v) is 3.79. The molecule has 6 heteroatoms. The van der Waals surface area contributed by atoms with Gasteiger partial charge in [-0.3, -0.25) is 14.5 Å². The molecule has 2 fully saturated rings. The summed E-state index contributed by atoms with van der Waals surface area (Å²) in [4.78, 5) is 29.2. The molecule has 1 N–H and O–H groups in total. The standard InChI is InChI=1S/C19H29N3O3/c23-18(21-10-4-2-1-3-5-11-21)15-22-12-6-9-17(22)19(24)20-14-16-8-7-13-25-16/h7-8,13,17H,1-6,9-12,14-15H2,(H,20,24). The molecule has 0 bridgehead atoms. The fourth-order valence-electron chi connectivity index (χ4n) is 3.79. The molecule has 1 aromatic heterocycles. The van der Waals surface area contributed by atoms with Crippen molar-refractivity contribution in [1.82, 2.24) is 15.1 Å². The predicted molar refractivity (Wildman–Crippen MR) is 94.8 cm³/mol. The van der Waals surface area contributed by atoms with Gasteiger partial charge in [-0.05, 0) is 44.4 Å². The number of furan rings is 1. The molecule has 138 valence electrons. The first-order valence-corrected chi connectivity index (χ1v) is 9.56. The van der Waals surface area contributed by atoms with Crippen LogP contribution in [0.1, 0.15) is 50.7 Å². The normalized spacial score (nSPS) is 22.4. The number of hydrogen-bond acceptors (Lipinski definition) is 4. The van der Waals surface area contributed by atoms with Gasteiger partial charge in [0.1, 0.15) is 5.76 Å². The number of amides is 2. The van der Waals surface area contributed by atoms with Gasteiger partial charge in [0.15, 0.2) is 0 Å². The van der Waals surface area contributed by atoms with Gasteiger partial charge in [0.25, 0.3) is 0 Å². The third-order valence-electron chi connectivity index (χ3n) is 5.23. The van der Waals surface area contributed by atoms with Crippen molar-refractivity contribution in [2.24, 2.45) is 0 Å². The summed E-state index contributed by atoms with van der Waals surface area (Å²) >= 11 is 0. The minimum absolute atomic E-state index is 0.00522. The second-order valence-corrected chi connectivity index (χ2v) is 7.07. The fraction of sp³-hybridized carbons (Fsp3) is 0.684. The molecule has 1 atom stereocenters. The predicted octanol–water partition coefficient (Wildman–Crippen LogP) is 2.15. The van der Waals surface area contributed by atoms with E-state index in [1.54, 1.807) is 6.26 Å². The molecule has 2 saturated heterocycles. The van der Waals surface area contributed by atoms with Crippen LogP contribution in [0.25, 0.3) is 0 Å². The highest BCUT2D eigenvalue weighted by molar-refractivity contribution is 5.84. The van der Waals surface area contributed by atoms with E-state index >= 15 is 0 Å². The van der Waals surface area contributed by atoms with Crippen LogP contribution in [0.2, 0.25) is 0 Å². The molecule has 2 aliphatic rings.